The van der Waals surface area contributed by atoms with Crippen LogP contribution in [-0.4, -0.2) is 65.8 Å². The Hall–Kier alpha value is -4.21. The van der Waals surface area contributed by atoms with E-state index in [1.807, 2.05) is 77.7 Å². The summed E-state index contributed by atoms with van der Waals surface area (Å²) >= 11 is 0. The maximum absolute atomic E-state index is 13.3. The molecule has 220 valence electrons. The van der Waals surface area contributed by atoms with E-state index in [0.29, 0.717) is 25.4 Å². The van der Waals surface area contributed by atoms with Crippen LogP contribution in [0.4, 0.5) is 10.5 Å². The Morgan fingerprint density at radius 2 is 1.81 bits per heavy atom. The molecule has 9 nitrogen and oxygen atoms in total. The van der Waals surface area contributed by atoms with Crippen molar-refractivity contribution in [1.29, 1.82) is 0 Å². The summed E-state index contributed by atoms with van der Waals surface area (Å²) in [4.78, 5) is 32.9. The molecular formula is C33H40N6O3. The summed E-state index contributed by atoms with van der Waals surface area (Å²) in [5, 5.41) is 5.75. The number of methoxy groups -OCH3 is 1. The minimum atomic E-state index is -0.494. The number of hydrogen-bond acceptors (Lipinski definition) is 5. The summed E-state index contributed by atoms with van der Waals surface area (Å²) in [6.45, 7) is 3.02. The number of imidazole rings is 1. The molecule has 0 radical (unpaired) electrons. The molecule has 0 saturated carbocycles. The number of hydrogen-bond donors (Lipinski definition) is 3. The number of piperidine rings is 1. The molecule has 42 heavy (non-hydrogen) atoms. The van der Waals surface area contributed by atoms with Crippen LogP contribution in [0, 0.1) is 0 Å². The molecule has 0 bridgehead atoms. The number of likely N-dealkylation sites (tertiary alicyclic amines) is 1. The first-order chi connectivity index (χ1) is 20.5. The molecule has 0 spiro atoms. The van der Waals surface area contributed by atoms with Crippen LogP contribution in [-0.2, 0) is 16.1 Å². The Morgan fingerprint density at radius 3 is 2.64 bits per heavy atom. The van der Waals surface area contributed by atoms with Crippen molar-refractivity contribution in [2.75, 3.05) is 38.7 Å². The van der Waals surface area contributed by atoms with Crippen LogP contribution in [0.3, 0.4) is 0 Å². The molecule has 9 heteroatoms. The zero-order chi connectivity index (χ0) is 29.3. The standard InChI is InChI=1S/C33H40N6O3/c1-42-20-10-19-39-30-17-8-7-16-29(30)36-32(39)25-13-9-18-38(23-25)31(40)21-26(34)22-35-33(41)37-28-15-6-5-14-27(28)24-11-3-2-4-12-24/h2-8,11-12,14-17,25-26H,9-10,13,18-23,34H2,1H3,(H2,35,37,41)/t25-,26+/m1/s1. The van der Waals surface area contributed by atoms with Gasteiger partial charge in [-0.1, -0.05) is 60.7 Å². The highest BCUT2D eigenvalue weighted by molar-refractivity contribution is 5.94. The summed E-state index contributed by atoms with van der Waals surface area (Å²) in [6, 6.07) is 24.9. The fraction of sp³-hybridized carbons (Fsp3) is 0.364. The number of nitrogens with zero attached hydrogens (tertiary/aromatic N) is 3. The first-order valence-corrected chi connectivity index (χ1v) is 14.7. The molecule has 2 atom stereocenters. The van der Waals surface area contributed by atoms with E-state index in [4.69, 9.17) is 15.5 Å². The topological polar surface area (TPSA) is 115 Å². The Morgan fingerprint density at radius 1 is 1.05 bits per heavy atom. The second-order valence-electron chi connectivity index (χ2n) is 10.8. The van der Waals surface area contributed by atoms with Gasteiger partial charge in [-0.05, 0) is 43.0 Å². The molecule has 1 aromatic heterocycles. The molecule has 1 saturated heterocycles. The fourth-order valence-electron chi connectivity index (χ4n) is 5.70. The molecule has 5 rings (SSSR count). The molecule has 3 aromatic carbocycles. The first-order valence-electron chi connectivity index (χ1n) is 14.7. The molecule has 2 heterocycles. The van der Waals surface area contributed by atoms with Gasteiger partial charge in [0.2, 0.25) is 5.91 Å². The number of urea groups is 1. The summed E-state index contributed by atoms with van der Waals surface area (Å²) in [6.07, 6.45) is 2.95. The Labute approximate surface area is 247 Å². The summed E-state index contributed by atoms with van der Waals surface area (Å²) in [5.41, 5.74) is 11.1. The smallest absolute Gasteiger partial charge is 0.319 e. The number of benzene rings is 3. The number of para-hydroxylation sites is 3. The van der Waals surface area contributed by atoms with Crippen LogP contribution < -0.4 is 16.4 Å². The maximum atomic E-state index is 13.3. The van der Waals surface area contributed by atoms with E-state index >= 15 is 0 Å². The van der Waals surface area contributed by atoms with Gasteiger partial charge in [-0.3, -0.25) is 4.79 Å². The van der Waals surface area contributed by atoms with Crippen LogP contribution >= 0.6 is 0 Å². The minimum absolute atomic E-state index is 0.00544. The van der Waals surface area contributed by atoms with Gasteiger partial charge in [-0.15, -0.1) is 0 Å². The maximum Gasteiger partial charge on any atom is 0.319 e. The van der Waals surface area contributed by atoms with E-state index in [0.717, 1.165) is 53.8 Å². The molecule has 4 N–H and O–H groups in total. The van der Waals surface area contributed by atoms with E-state index in [1.54, 1.807) is 7.11 Å². The first kappa shape index (κ1) is 29.3. The summed E-state index contributed by atoms with van der Waals surface area (Å²) in [7, 11) is 1.72. The van der Waals surface area contributed by atoms with E-state index < -0.39 is 6.04 Å². The van der Waals surface area contributed by atoms with Crippen molar-refractivity contribution in [1.82, 2.24) is 19.8 Å². The van der Waals surface area contributed by atoms with Crippen molar-refractivity contribution in [2.24, 2.45) is 5.73 Å². The third-order valence-electron chi connectivity index (χ3n) is 7.78. The zero-order valence-corrected chi connectivity index (χ0v) is 24.2. The van der Waals surface area contributed by atoms with Crippen molar-refractivity contribution in [3.63, 3.8) is 0 Å². The van der Waals surface area contributed by atoms with Gasteiger partial charge < -0.3 is 30.6 Å². The molecular weight excluding hydrogens is 528 g/mol. The molecule has 1 fully saturated rings. The number of carbonyl (C=O) groups excluding carboxylic acids is 2. The lowest BCUT2D eigenvalue weighted by molar-refractivity contribution is -0.132. The van der Waals surface area contributed by atoms with E-state index in [1.165, 1.54) is 0 Å². The normalized spacial score (nSPS) is 15.9. The van der Waals surface area contributed by atoms with Crippen molar-refractivity contribution in [3.05, 3.63) is 84.7 Å². The van der Waals surface area contributed by atoms with Crippen molar-refractivity contribution in [2.45, 2.75) is 44.2 Å². The van der Waals surface area contributed by atoms with Crippen molar-refractivity contribution in [3.8, 4) is 11.1 Å². The lowest BCUT2D eigenvalue weighted by atomic mass is 9.96. The minimum Gasteiger partial charge on any atom is -0.385 e. The van der Waals surface area contributed by atoms with Crippen LogP contribution in [0.25, 0.3) is 22.2 Å². The lowest BCUT2D eigenvalue weighted by Gasteiger charge is -2.33. The van der Waals surface area contributed by atoms with Gasteiger partial charge >= 0.3 is 6.03 Å². The highest BCUT2D eigenvalue weighted by Crippen LogP contribution is 2.30. The van der Waals surface area contributed by atoms with Gasteiger partial charge in [0.15, 0.2) is 0 Å². The largest absolute Gasteiger partial charge is 0.385 e. The Bertz CT molecular complexity index is 1490. The van der Waals surface area contributed by atoms with Gasteiger partial charge in [-0.2, -0.15) is 0 Å². The predicted molar refractivity (Wildman–Crippen MR) is 166 cm³/mol. The van der Waals surface area contributed by atoms with Crippen LogP contribution in [0.15, 0.2) is 78.9 Å². The molecule has 1 aliphatic rings. The van der Waals surface area contributed by atoms with Gasteiger partial charge in [0.05, 0.1) is 16.7 Å². The fourth-order valence-corrected chi connectivity index (χ4v) is 5.70. The number of ether oxygens (including phenoxy) is 1. The number of rotatable bonds is 11. The number of anilines is 1. The second-order valence-corrected chi connectivity index (χ2v) is 10.8. The average molecular weight is 569 g/mol. The molecule has 0 unspecified atom stereocenters. The highest BCUT2D eigenvalue weighted by atomic mass is 16.5. The Kier molecular flexibility index (Phi) is 9.84. The van der Waals surface area contributed by atoms with E-state index in [-0.39, 0.29) is 30.8 Å². The van der Waals surface area contributed by atoms with Gasteiger partial charge in [-0.25, -0.2) is 9.78 Å². The highest BCUT2D eigenvalue weighted by Gasteiger charge is 2.29. The zero-order valence-electron chi connectivity index (χ0n) is 24.2. The summed E-state index contributed by atoms with van der Waals surface area (Å²) < 4.78 is 7.57. The third kappa shape index (κ3) is 7.16. The molecule has 4 aromatic rings. The van der Waals surface area contributed by atoms with Gasteiger partial charge in [0.1, 0.15) is 5.82 Å². The second kappa shape index (κ2) is 14.1. The van der Waals surface area contributed by atoms with E-state index in [2.05, 4.69) is 21.3 Å². The number of aromatic nitrogens is 2. The number of aryl methyl sites for hydroxylation is 1. The third-order valence-corrected chi connectivity index (χ3v) is 7.78. The average Bonchev–Trinajstić information content (AvgIpc) is 3.39. The number of nitrogens with two attached hydrogens (primary N) is 1. The predicted octanol–water partition coefficient (Wildman–Crippen LogP) is 4.98. The van der Waals surface area contributed by atoms with Gasteiger partial charge in [0.25, 0.3) is 0 Å². The van der Waals surface area contributed by atoms with Crippen LogP contribution in [0.5, 0.6) is 0 Å². The van der Waals surface area contributed by atoms with E-state index in [9.17, 15) is 9.59 Å². The number of fused-ring (bicyclic) bond motifs is 1. The van der Waals surface area contributed by atoms with Crippen molar-refractivity contribution < 1.29 is 14.3 Å². The van der Waals surface area contributed by atoms with Crippen molar-refractivity contribution >= 4 is 28.7 Å². The van der Waals surface area contributed by atoms with Crippen LogP contribution in [0.2, 0.25) is 0 Å². The molecule has 0 aliphatic carbocycles. The molecule has 3 amide bonds. The Balaban J connectivity index is 1.15. The SMILES string of the molecule is COCCCn1c([C@@H]2CCCN(C(=O)C[C@H](N)CNC(=O)Nc3ccccc3-c3ccccc3)C2)nc2ccccc21. The summed E-state index contributed by atoms with van der Waals surface area (Å²) in [5.74, 6) is 1.19. The monoisotopic (exact) mass is 568 g/mol. The molecule has 1 aliphatic heterocycles. The van der Waals surface area contributed by atoms with Crippen LogP contribution in [0.1, 0.15) is 37.4 Å². The quantitative estimate of drug-likeness (QED) is 0.221. The number of nitrogens with one attached hydrogen (secondary N) is 2. The number of amides is 3. The van der Waals surface area contributed by atoms with Gasteiger partial charge in [0, 0.05) is 63.8 Å². The number of carbonyl (C=O) groups is 2. The lowest BCUT2D eigenvalue weighted by Crippen LogP contribution is -2.45.